The van der Waals surface area contributed by atoms with Crippen LogP contribution in [0.3, 0.4) is 0 Å². The molecule has 0 aliphatic carbocycles. The summed E-state index contributed by atoms with van der Waals surface area (Å²) >= 11 is 0. The minimum absolute atomic E-state index is 0.235. The predicted molar refractivity (Wildman–Crippen MR) is 94.9 cm³/mol. The molecule has 0 radical (unpaired) electrons. The number of carbonyl (C=O) groups excluding carboxylic acids is 1. The van der Waals surface area contributed by atoms with Crippen molar-refractivity contribution in [2.24, 2.45) is 0 Å². The van der Waals surface area contributed by atoms with Crippen LogP contribution in [0, 0.1) is 0 Å². The van der Waals surface area contributed by atoms with Gasteiger partial charge >= 0.3 is 0 Å². The first kappa shape index (κ1) is 17.0. The van der Waals surface area contributed by atoms with Gasteiger partial charge in [0.15, 0.2) is 8.32 Å². The van der Waals surface area contributed by atoms with Gasteiger partial charge in [0.2, 0.25) is 0 Å². The summed E-state index contributed by atoms with van der Waals surface area (Å²) in [6, 6.07) is 8.25. The predicted octanol–water partition coefficient (Wildman–Crippen LogP) is 4.40. The number of rotatable bonds is 6. The maximum Gasteiger partial charge on any atom is 0.191 e. The lowest BCUT2D eigenvalue weighted by molar-refractivity contribution is -0.108. The lowest BCUT2D eigenvalue weighted by atomic mass is 10.1. The van der Waals surface area contributed by atoms with E-state index in [0.29, 0.717) is 6.54 Å². The Hall–Kier alpha value is -1.39. The van der Waals surface area contributed by atoms with Crippen molar-refractivity contribution in [3.63, 3.8) is 0 Å². The molecule has 0 aliphatic rings. The second kappa shape index (κ2) is 6.38. The molecule has 1 heterocycles. The van der Waals surface area contributed by atoms with Crippen LogP contribution < -0.4 is 0 Å². The summed E-state index contributed by atoms with van der Waals surface area (Å²) < 4.78 is 8.29. The molecule has 0 saturated carbocycles. The van der Waals surface area contributed by atoms with E-state index in [-0.39, 0.29) is 5.04 Å². The Labute approximate surface area is 134 Å². The Morgan fingerprint density at radius 2 is 1.91 bits per heavy atom. The lowest BCUT2D eigenvalue weighted by Gasteiger charge is -2.36. The molecule has 120 valence electrons. The second-order valence-electron chi connectivity index (χ2n) is 7.35. The van der Waals surface area contributed by atoms with Crippen LogP contribution in [-0.2, 0) is 22.2 Å². The molecule has 1 aromatic carbocycles. The second-order valence-corrected chi connectivity index (χ2v) is 12.2. The van der Waals surface area contributed by atoms with E-state index in [4.69, 9.17) is 4.43 Å². The zero-order valence-corrected chi connectivity index (χ0v) is 15.3. The fourth-order valence-electron chi connectivity index (χ4n) is 2.39. The number of hydrogen-bond acceptors (Lipinski definition) is 2. The van der Waals surface area contributed by atoms with E-state index >= 15 is 0 Å². The third kappa shape index (κ3) is 3.50. The zero-order valence-electron chi connectivity index (χ0n) is 14.3. The summed E-state index contributed by atoms with van der Waals surface area (Å²) in [5.74, 6) is 0. The maximum absolute atomic E-state index is 10.8. The molecular formula is C18H27NO2Si. The minimum atomic E-state index is -1.70. The smallest absolute Gasteiger partial charge is 0.191 e. The van der Waals surface area contributed by atoms with E-state index in [0.717, 1.165) is 24.8 Å². The van der Waals surface area contributed by atoms with Crippen molar-refractivity contribution in [3.8, 4) is 0 Å². The maximum atomic E-state index is 10.8. The van der Waals surface area contributed by atoms with Gasteiger partial charge in [-0.25, -0.2) is 0 Å². The molecule has 0 unspecified atom stereocenters. The molecule has 2 rings (SSSR count). The Balaban J connectivity index is 2.14. The number of aromatic nitrogens is 1. The molecule has 22 heavy (non-hydrogen) atoms. The van der Waals surface area contributed by atoms with Gasteiger partial charge in [0.25, 0.3) is 0 Å². The van der Waals surface area contributed by atoms with Crippen molar-refractivity contribution in [3.05, 3.63) is 36.0 Å². The molecule has 3 nitrogen and oxygen atoms in total. The number of para-hydroxylation sites is 1. The van der Waals surface area contributed by atoms with Crippen molar-refractivity contribution in [2.45, 2.75) is 51.9 Å². The van der Waals surface area contributed by atoms with Crippen molar-refractivity contribution in [1.29, 1.82) is 0 Å². The quantitative estimate of drug-likeness (QED) is 0.584. The molecule has 0 bridgehead atoms. The fourth-order valence-corrected chi connectivity index (χ4v) is 3.43. The van der Waals surface area contributed by atoms with E-state index in [1.165, 1.54) is 10.9 Å². The normalized spacial score (nSPS) is 12.8. The van der Waals surface area contributed by atoms with E-state index in [1.54, 1.807) is 0 Å². The highest BCUT2D eigenvalue weighted by Crippen LogP contribution is 2.36. The first-order chi connectivity index (χ1) is 10.3. The van der Waals surface area contributed by atoms with Crippen molar-refractivity contribution in [1.82, 2.24) is 4.57 Å². The Morgan fingerprint density at radius 3 is 2.55 bits per heavy atom. The standard InChI is InChI=1S/C18H27NO2Si/c1-18(2,3)22(4,5)21-13-10-15-14-19(11-12-20)17-9-7-6-8-16(15)17/h6-9,12,14H,10-11,13H2,1-5H3. The minimum Gasteiger partial charge on any atom is -0.416 e. The highest BCUT2D eigenvalue weighted by atomic mass is 28.4. The van der Waals surface area contributed by atoms with Gasteiger partial charge in [-0.3, -0.25) is 0 Å². The molecule has 0 N–H and O–H groups in total. The topological polar surface area (TPSA) is 31.2 Å². The van der Waals surface area contributed by atoms with Crippen LogP contribution in [0.1, 0.15) is 26.3 Å². The van der Waals surface area contributed by atoms with Crippen molar-refractivity contribution in [2.75, 3.05) is 6.61 Å². The van der Waals surface area contributed by atoms with Crippen molar-refractivity contribution >= 4 is 25.5 Å². The fraction of sp³-hybridized carbons (Fsp3) is 0.500. The molecule has 4 heteroatoms. The van der Waals surface area contributed by atoms with Gasteiger partial charge in [-0.15, -0.1) is 0 Å². The summed E-state index contributed by atoms with van der Waals surface area (Å²) in [6.07, 6.45) is 3.93. The van der Waals surface area contributed by atoms with Crippen molar-refractivity contribution < 1.29 is 9.22 Å². The van der Waals surface area contributed by atoms with Gasteiger partial charge in [0, 0.05) is 23.7 Å². The van der Waals surface area contributed by atoms with E-state index in [9.17, 15) is 4.79 Å². The van der Waals surface area contributed by atoms with Crippen LogP contribution in [0.5, 0.6) is 0 Å². The van der Waals surface area contributed by atoms with Gasteiger partial charge in [0.05, 0.1) is 6.54 Å². The molecule has 0 fully saturated rings. The van der Waals surface area contributed by atoms with Crippen LogP contribution in [0.25, 0.3) is 10.9 Å². The number of aldehydes is 1. The first-order valence-electron chi connectivity index (χ1n) is 7.90. The Bertz CT molecular complexity index is 653. The highest BCUT2D eigenvalue weighted by Gasteiger charge is 2.36. The van der Waals surface area contributed by atoms with Crippen LogP contribution in [0.4, 0.5) is 0 Å². The highest BCUT2D eigenvalue weighted by molar-refractivity contribution is 6.74. The Morgan fingerprint density at radius 1 is 1.23 bits per heavy atom. The molecule has 2 aromatic rings. The monoisotopic (exact) mass is 317 g/mol. The summed E-state index contributed by atoms with van der Waals surface area (Å²) in [5.41, 5.74) is 2.38. The number of carbonyl (C=O) groups is 1. The SMILES string of the molecule is CC(C)(C)[Si](C)(C)OCCc1cn(CC=O)c2ccccc12. The molecule has 1 aromatic heterocycles. The van der Waals surface area contributed by atoms with Crippen LogP contribution in [0.15, 0.2) is 30.5 Å². The van der Waals surface area contributed by atoms with Gasteiger partial charge < -0.3 is 13.8 Å². The molecule has 0 saturated heterocycles. The van der Waals surface area contributed by atoms with Gasteiger partial charge in [-0.1, -0.05) is 39.0 Å². The third-order valence-electron chi connectivity index (χ3n) is 4.78. The number of hydrogen-bond donors (Lipinski definition) is 0. The summed E-state index contributed by atoms with van der Waals surface area (Å²) in [4.78, 5) is 10.8. The first-order valence-corrected chi connectivity index (χ1v) is 10.8. The van der Waals surface area contributed by atoms with Gasteiger partial charge in [-0.05, 0) is 36.2 Å². The Kier molecular flexibility index (Phi) is 4.92. The number of benzene rings is 1. The summed E-state index contributed by atoms with van der Waals surface area (Å²) in [7, 11) is -1.70. The summed E-state index contributed by atoms with van der Waals surface area (Å²) in [5, 5.41) is 1.46. The number of fused-ring (bicyclic) bond motifs is 1. The van der Waals surface area contributed by atoms with Crippen LogP contribution in [0.2, 0.25) is 18.1 Å². The average molecular weight is 318 g/mol. The molecule has 0 amide bonds. The van der Waals surface area contributed by atoms with E-state index < -0.39 is 8.32 Å². The summed E-state index contributed by atoms with van der Waals surface area (Å²) in [6.45, 7) is 12.5. The third-order valence-corrected chi connectivity index (χ3v) is 9.32. The van der Waals surface area contributed by atoms with E-state index in [2.05, 4.69) is 52.2 Å². The van der Waals surface area contributed by atoms with Crippen LogP contribution in [-0.4, -0.2) is 25.8 Å². The molecule has 0 aliphatic heterocycles. The van der Waals surface area contributed by atoms with Gasteiger partial charge in [0.1, 0.15) is 6.29 Å². The molecule has 0 atom stereocenters. The molecule has 0 spiro atoms. The number of nitrogens with zero attached hydrogens (tertiary/aromatic N) is 1. The van der Waals surface area contributed by atoms with Crippen LogP contribution >= 0.6 is 0 Å². The van der Waals surface area contributed by atoms with Gasteiger partial charge in [-0.2, -0.15) is 0 Å². The average Bonchev–Trinajstić information content (AvgIpc) is 2.77. The van der Waals surface area contributed by atoms with E-state index in [1.807, 2.05) is 16.7 Å². The zero-order chi connectivity index (χ0) is 16.4. The molecular weight excluding hydrogens is 290 g/mol. The largest absolute Gasteiger partial charge is 0.416 e. The lowest BCUT2D eigenvalue weighted by Crippen LogP contribution is -2.41.